The summed E-state index contributed by atoms with van der Waals surface area (Å²) in [4.78, 5) is 20.1. The van der Waals surface area contributed by atoms with Gasteiger partial charge in [-0.05, 0) is 62.7 Å². The molecule has 4 heterocycles. The van der Waals surface area contributed by atoms with Gasteiger partial charge in [-0.1, -0.05) is 11.6 Å². The molecule has 10 heteroatoms. The first-order chi connectivity index (χ1) is 19.7. The SMILES string of the molecule is COc1cc2c(cc1-c1cncc(C#N)c1)-c1c(c(C(=O)N3CCOCC3(C)C)nn1-c1cc(C)cc(Cl)c1)OC2. The second-order valence-corrected chi connectivity index (χ2v) is 11.3. The number of pyridine rings is 1. The lowest BCUT2D eigenvalue weighted by Crippen LogP contribution is -2.55. The van der Waals surface area contributed by atoms with Crippen LogP contribution in [0, 0.1) is 18.3 Å². The number of aromatic nitrogens is 3. The number of aryl methyl sites for hydroxylation is 1. The third-order valence-corrected chi connectivity index (χ3v) is 7.66. The maximum atomic E-state index is 14.1. The third kappa shape index (κ3) is 4.69. The van der Waals surface area contributed by atoms with E-state index in [0.717, 1.165) is 27.8 Å². The van der Waals surface area contributed by atoms with E-state index in [1.54, 1.807) is 29.0 Å². The predicted octanol–water partition coefficient (Wildman–Crippen LogP) is 5.59. The van der Waals surface area contributed by atoms with Gasteiger partial charge < -0.3 is 19.1 Å². The lowest BCUT2D eigenvalue weighted by Gasteiger charge is -2.41. The first kappa shape index (κ1) is 26.8. The van der Waals surface area contributed by atoms with Gasteiger partial charge in [-0.2, -0.15) is 10.4 Å². The molecule has 41 heavy (non-hydrogen) atoms. The highest BCUT2D eigenvalue weighted by Crippen LogP contribution is 2.46. The molecule has 1 fully saturated rings. The van der Waals surface area contributed by atoms with E-state index in [1.165, 1.54) is 6.20 Å². The Morgan fingerprint density at radius 1 is 1.15 bits per heavy atom. The van der Waals surface area contributed by atoms with Crippen LogP contribution in [0.25, 0.3) is 28.1 Å². The normalized spacial score (nSPS) is 15.4. The van der Waals surface area contributed by atoms with Crippen LogP contribution in [0.2, 0.25) is 5.02 Å². The zero-order chi connectivity index (χ0) is 28.9. The first-order valence-corrected chi connectivity index (χ1v) is 13.6. The van der Waals surface area contributed by atoms with Gasteiger partial charge in [0.15, 0.2) is 11.4 Å². The number of methoxy groups -OCH3 is 1. The van der Waals surface area contributed by atoms with Crippen molar-refractivity contribution >= 4 is 17.5 Å². The number of carbonyl (C=O) groups excluding carboxylic acids is 1. The highest BCUT2D eigenvalue weighted by atomic mass is 35.5. The lowest BCUT2D eigenvalue weighted by atomic mass is 9.94. The van der Waals surface area contributed by atoms with E-state index in [1.807, 2.05) is 51.1 Å². The first-order valence-electron chi connectivity index (χ1n) is 13.2. The molecule has 0 saturated carbocycles. The Labute approximate surface area is 242 Å². The van der Waals surface area contributed by atoms with Crippen LogP contribution < -0.4 is 9.47 Å². The van der Waals surface area contributed by atoms with Gasteiger partial charge in [-0.3, -0.25) is 9.78 Å². The van der Waals surface area contributed by atoms with Crippen LogP contribution >= 0.6 is 11.6 Å². The van der Waals surface area contributed by atoms with E-state index < -0.39 is 5.54 Å². The molecule has 6 rings (SSSR count). The Morgan fingerprint density at radius 2 is 1.98 bits per heavy atom. The Kier molecular flexibility index (Phi) is 6.68. The predicted molar refractivity (Wildman–Crippen MR) is 154 cm³/mol. The van der Waals surface area contributed by atoms with Gasteiger partial charge in [0.2, 0.25) is 0 Å². The second kappa shape index (κ2) is 10.2. The van der Waals surface area contributed by atoms with E-state index in [-0.39, 0.29) is 18.2 Å². The molecular formula is C31H28ClN5O4. The van der Waals surface area contributed by atoms with Crippen molar-refractivity contribution in [1.29, 1.82) is 5.26 Å². The Hall–Kier alpha value is -4.39. The number of amides is 1. The van der Waals surface area contributed by atoms with E-state index >= 15 is 0 Å². The maximum Gasteiger partial charge on any atom is 0.278 e. The number of nitriles is 1. The number of carbonyl (C=O) groups is 1. The van der Waals surface area contributed by atoms with Crippen LogP contribution in [0.1, 0.15) is 41.0 Å². The highest BCUT2D eigenvalue weighted by molar-refractivity contribution is 6.30. The molecule has 1 amide bonds. The minimum atomic E-state index is -0.509. The zero-order valence-corrected chi connectivity index (χ0v) is 24.0. The molecule has 0 atom stereocenters. The molecule has 4 aromatic rings. The Bertz CT molecular complexity index is 1720. The molecule has 2 aliphatic heterocycles. The molecule has 0 unspecified atom stereocenters. The summed E-state index contributed by atoms with van der Waals surface area (Å²) in [6.07, 6.45) is 3.21. The number of fused-ring (bicyclic) bond motifs is 3. The van der Waals surface area contributed by atoms with Crippen LogP contribution in [0.15, 0.2) is 48.8 Å². The summed E-state index contributed by atoms with van der Waals surface area (Å²) < 4.78 is 19.4. The fourth-order valence-electron chi connectivity index (χ4n) is 5.46. The number of rotatable bonds is 4. The van der Waals surface area contributed by atoms with Crippen LogP contribution in [-0.4, -0.2) is 58.0 Å². The Morgan fingerprint density at radius 3 is 2.71 bits per heavy atom. The fourth-order valence-corrected chi connectivity index (χ4v) is 5.74. The molecule has 2 aromatic carbocycles. The maximum absolute atomic E-state index is 14.1. The molecular weight excluding hydrogens is 542 g/mol. The minimum absolute atomic E-state index is 0.225. The molecule has 0 aliphatic carbocycles. The summed E-state index contributed by atoms with van der Waals surface area (Å²) in [5.41, 5.74) is 5.62. The summed E-state index contributed by atoms with van der Waals surface area (Å²) in [6, 6.07) is 13.5. The minimum Gasteiger partial charge on any atom is -0.496 e. The number of ether oxygens (including phenoxy) is 3. The van der Waals surface area contributed by atoms with Crippen molar-refractivity contribution in [2.45, 2.75) is 32.9 Å². The number of hydrogen-bond acceptors (Lipinski definition) is 7. The van der Waals surface area contributed by atoms with Crippen LogP contribution in [0.3, 0.4) is 0 Å². The van der Waals surface area contributed by atoms with E-state index in [4.69, 9.17) is 30.9 Å². The molecule has 0 N–H and O–H groups in total. The summed E-state index contributed by atoms with van der Waals surface area (Å²) in [5.74, 6) is 0.793. The Balaban J connectivity index is 1.60. The van der Waals surface area contributed by atoms with E-state index in [9.17, 15) is 10.1 Å². The number of benzene rings is 2. The van der Waals surface area contributed by atoms with Gasteiger partial charge in [0.05, 0.1) is 37.1 Å². The highest BCUT2D eigenvalue weighted by Gasteiger charge is 2.40. The molecule has 2 aliphatic rings. The number of morpholine rings is 1. The average Bonchev–Trinajstić information content (AvgIpc) is 3.35. The van der Waals surface area contributed by atoms with Gasteiger partial charge in [-0.15, -0.1) is 0 Å². The second-order valence-electron chi connectivity index (χ2n) is 10.8. The van der Waals surface area contributed by atoms with Crippen LogP contribution in [0.5, 0.6) is 11.5 Å². The molecule has 9 nitrogen and oxygen atoms in total. The summed E-state index contributed by atoms with van der Waals surface area (Å²) >= 11 is 6.47. The lowest BCUT2D eigenvalue weighted by molar-refractivity contribution is -0.0374. The smallest absolute Gasteiger partial charge is 0.278 e. The number of halogens is 1. The molecule has 0 spiro atoms. The van der Waals surface area contributed by atoms with Gasteiger partial charge in [0.25, 0.3) is 5.91 Å². The fraction of sp³-hybridized carbons (Fsp3) is 0.290. The monoisotopic (exact) mass is 569 g/mol. The third-order valence-electron chi connectivity index (χ3n) is 7.44. The van der Waals surface area contributed by atoms with Crippen molar-refractivity contribution in [3.05, 3.63) is 76.2 Å². The molecule has 0 radical (unpaired) electrons. The summed E-state index contributed by atoms with van der Waals surface area (Å²) in [7, 11) is 1.60. The number of hydrogen-bond donors (Lipinski definition) is 0. The van der Waals surface area contributed by atoms with Crippen molar-refractivity contribution in [3.63, 3.8) is 0 Å². The van der Waals surface area contributed by atoms with Crippen molar-refractivity contribution in [2.75, 3.05) is 26.9 Å². The zero-order valence-electron chi connectivity index (χ0n) is 23.2. The van der Waals surface area contributed by atoms with Crippen molar-refractivity contribution < 1.29 is 19.0 Å². The van der Waals surface area contributed by atoms with Gasteiger partial charge >= 0.3 is 0 Å². The van der Waals surface area contributed by atoms with Gasteiger partial charge in [-0.25, -0.2) is 4.68 Å². The topological polar surface area (TPSA) is 103 Å². The quantitative estimate of drug-likeness (QED) is 0.316. The van der Waals surface area contributed by atoms with E-state index in [0.29, 0.717) is 53.2 Å². The largest absolute Gasteiger partial charge is 0.496 e. The average molecular weight is 570 g/mol. The van der Waals surface area contributed by atoms with Crippen molar-refractivity contribution in [3.8, 4) is 45.6 Å². The molecule has 208 valence electrons. The van der Waals surface area contributed by atoms with Crippen LogP contribution in [0.4, 0.5) is 0 Å². The number of nitrogens with zero attached hydrogens (tertiary/aromatic N) is 5. The van der Waals surface area contributed by atoms with Crippen molar-refractivity contribution in [2.24, 2.45) is 0 Å². The molecule has 1 saturated heterocycles. The van der Waals surface area contributed by atoms with E-state index in [2.05, 4.69) is 11.1 Å². The van der Waals surface area contributed by atoms with Gasteiger partial charge in [0.1, 0.15) is 24.1 Å². The standard InChI is InChI=1S/C31H28ClN5O4/c1-18-7-22(32)11-23(8-18)37-28-25-12-24(20-9-19(13-33)14-34-15-20)26(39-4)10-21(25)16-41-29(28)27(35-37)30(38)36-5-6-40-17-31(36,2)3/h7-12,14-15H,5-6,16-17H2,1-4H3. The summed E-state index contributed by atoms with van der Waals surface area (Å²) in [6.45, 7) is 7.46. The molecule has 2 aromatic heterocycles. The van der Waals surface area contributed by atoms with Gasteiger partial charge in [0, 0.05) is 46.2 Å². The van der Waals surface area contributed by atoms with Crippen LogP contribution in [-0.2, 0) is 11.3 Å². The summed E-state index contributed by atoms with van der Waals surface area (Å²) in [5, 5.41) is 14.9. The van der Waals surface area contributed by atoms with Crippen molar-refractivity contribution in [1.82, 2.24) is 19.7 Å². The molecule has 0 bridgehead atoms.